The number of nitrogens with zero attached hydrogens (tertiary/aromatic N) is 1. The number of likely N-dealkylation sites (N-methyl/N-ethyl adjacent to an activating group) is 1. The second-order valence-corrected chi connectivity index (χ2v) is 3.44. The van der Waals surface area contributed by atoms with E-state index < -0.39 is 0 Å². The molecular formula is C8H15NO. The van der Waals surface area contributed by atoms with Gasteiger partial charge in [-0.05, 0) is 25.9 Å². The van der Waals surface area contributed by atoms with Crippen molar-refractivity contribution >= 4 is 0 Å². The van der Waals surface area contributed by atoms with Crippen LogP contribution in [0.25, 0.3) is 0 Å². The van der Waals surface area contributed by atoms with Crippen LogP contribution in [-0.4, -0.2) is 36.7 Å². The average Bonchev–Trinajstić information content (AvgIpc) is 2.70. The molecule has 0 amide bonds. The van der Waals surface area contributed by atoms with Crippen LogP contribution in [0.3, 0.4) is 0 Å². The van der Waals surface area contributed by atoms with Crippen molar-refractivity contribution in [2.45, 2.75) is 25.4 Å². The zero-order chi connectivity index (χ0) is 7.03. The molecule has 0 aromatic rings. The molecule has 2 saturated heterocycles. The molecule has 2 rings (SSSR count). The largest absolute Gasteiger partial charge is 0.368 e. The van der Waals surface area contributed by atoms with E-state index in [4.69, 9.17) is 4.74 Å². The van der Waals surface area contributed by atoms with Gasteiger partial charge in [0.1, 0.15) is 5.60 Å². The van der Waals surface area contributed by atoms with Gasteiger partial charge in [-0.3, -0.25) is 0 Å². The number of epoxide rings is 1. The minimum Gasteiger partial charge on any atom is -0.368 e. The minimum absolute atomic E-state index is 0.328. The van der Waals surface area contributed by atoms with E-state index in [2.05, 4.69) is 11.8 Å². The second-order valence-electron chi connectivity index (χ2n) is 3.44. The van der Waals surface area contributed by atoms with Gasteiger partial charge in [0, 0.05) is 6.54 Å². The van der Waals surface area contributed by atoms with E-state index in [0.717, 1.165) is 6.61 Å². The molecule has 2 heterocycles. The molecule has 0 unspecified atom stereocenters. The SMILES string of the molecule is CCN1CCC[C@]2(CO2)C1. The number of ether oxygens (including phenoxy) is 1. The predicted molar refractivity (Wildman–Crippen MR) is 40.0 cm³/mol. The number of hydrogen-bond acceptors (Lipinski definition) is 2. The smallest absolute Gasteiger partial charge is 0.104 e. The molecule has 1 atom stereocenters. The summed E-state index contributed by atoms with van der Waals surface area (Å²) >= 11 is 0. The molecule has 2 nitrogen and oxygen atoms in total. The van der Waals surface area contributed by atoms with Gasteiger partial charge in [-0.25, -0.2) is 0 Å². The van der Waals surface area contributed by atoms with Gasteiger partial charge in [0.2, 0.25) is 0 Å². The van der Waals surface area contributed by atoms with Gasteiger partial charge in [-0.2, -0.15) is 0 Å². The van der Waals surface area contributed by atoms with Crippen LogP contribution in [0.4, 0.5) is 0 Å². The Hall–Kier alpha value is -0.0800. The highest BCUT2D eigenvalue weighted by Gasteiger charge is 2.46. The molecule has 10 heavy (non-hydrogen) atoms. The van der Waals surface area contributed by atoms with Crippen molar-refractivity contribution in [2.75, 3.05) is 26.2 Å². The van der Waals surface area contributed by atoms with Crippen molar-refractivity contribution in [3.63, 3.8) is 0 Å². The Balaban J connectivity index is 1.91. The van der Waals surface area contributed by atoms with Crippen molar-refractivity contribution < 1.29 is 4.74 Å². The highest BCUT2D eigenvalue weighted by molar-refractivity contribution is 4.97. The molecule has 0 N–H and O–H groups in total. The molecule has 0 aliphatic carbocycles. The van der Waals surface area contributed by atoms with Gasteiger partial charge in [0.25, 0.3) is 0 Å². The summed E-state index contributed by atoms with van der Waals surface area (Å²) in [6, 6.07) is 0. The first-order valence-corrected chi connectivity index (χ1v) is 4.21. The molecule has 0 saturated carbocycles. The van der Waals surface area contributed by atoms with Gasteiger partial charge in [-0.15, -0.1) is 0 Å². The Bertz CT molecular complexity index is 131. The van der Waals surface area contributed by atoms with Crippen molar-refractivity contribution in [1.82, 2.24) is 4.90 Å². The van der Waals surface area contributed by atoms with Crippen LogP contribution in [0.1, 0.15) is 19.8 Å². The van der Waals surface area contributed by atoms with E-state index in [-0.39, 0.29) is 0 Å². The van der Waals surface area contributed by atoms with Gasteiger partial charge in [0.05, 0.1) is 6.61 Å². The lowest BCUT2D eigenvalue weighted by molar-refractivity contribution is 0.140. The van der Waals surface area contributed by atoms with Crippen molar-refractivity contribution in [3.05, 3.63) is 0 Å². The Morgan fingerprint density at radius 2 is 2.40 bits per heavy atom. The monoisotopic (exact) mass is 141 g/mol. The maximum absolute atomic E-state index is 5.43. The van der Waals surface area contributed by atoms with Crippen molar-refractivity contribution in [2.24, 2.45) is 0 Å². The summed E-state index contributed by atoms with van der Waals surface area (Å²) in [5.74, 6) is 0. The lowest BCUT2D eigenvalue weighted by Gasteiger charge is -2.29. The minimum atomic E-state index is 0.328. The van der Waals surface area contributed by atoms with E-state index in [1.54, 1.807) is 0 Å². The van der Waals surface area contributed by atoms with Crippen LogP contribution in [0.2, 0.25) is 0 Å². The molecule has 0 radical (unpaired) electrons. The standard InChI is InChI=1S/C8H15NO/c1-2-9-5-3-4-8(6-9)7-10-8/h2-7H2,1H3/t8-/m1/s1. The summed E-state index contributed by atoms with van der Waals surface area (Å²) in [4.78, 5) is 2.48. The van der Waals surface area contributed by atoms with E-state index in [9.17, 15) is 0 Å². The summed E-state index contributed by atoms with van der Waals surface area (Å²) in [6.07, 6.45) is 2.62. The molecule has 0 bridgehead atoms. The van der Waals surface area contributed by atoms with Crippen LogP contribution in [0.15, 0.2) is 0 Å². The lowest BCUT2D eigenvalue weighted by Crippen LogP contribution is -2.40. The molecule has 1 spiro atoms. The molecule has 2 heteroatoms. The summed E-state index contributed by atoms with van der Waals surface area (Å²) < 4.78 is 5.43. The number of rotatable bonds is 1. The fraction of sp³-hybridized carbons (Fsp3) is 1.00. The first kappa shape index (κ1) is 6.62. The first-order valence-electron chi connectivity index (χ1n) is 4.21. The molecule has 2 fully saturated rings. The third-order valence-corrected chi connectivity index (χ3v) is 2.62. The van der Waals surface area contributed by atoms with Crippen LogP contribution in [0.5, 0.6) is 0 Å². The van der Waals surface area contributed by atoms with Crippen LogP contribution in [-0.2, 0) is 4.74 Å². The second kappa shape index (κ2) is 2.21. The topological polar surface area (TPSA) is 15.8 Å². The average molecular weight is 141 g/mol. The summed E-state index contributed by atoms with van der Waals surface area (Å²) in [5.41, 5.74) is 0.328. The molecular weight excluding hydrogens is 126 g/mol. The maximum Gasteiger partial charge on any atom is 0.104 e. The molecule has 2 aliphatic heterocycles. The maximum atomic E-state index is 5.43. The van der Waals surface area contributed by atoms with E-state index in [1.165, 1.54) is 32.5 Å². The Morgan fingerprint density at radius 3 is 3.00 bits per heavy atom. The fourth-order valence-corrected chi connectivity index (χ4v) is 1.80. The zero-order valence-corrected chi connectivity index (χ0v) is 6.60. The van der Waals surface area contributed by atoms with Crippen LogP contribution < -0.4 is 0 Å². The summed E-state index contributed by atoms with van der Waals surface area (Å²) in [7, 11) is 0. The molecule has 0 aromatic carbocycles. The van der Waals surface area contributed by atoms with Crippen LogP contribution in [0, 0.1) is 0 Å². The van der Waals surface area contributed by atoms with Crippen molar-refractivity contribution in [1.29, 1.82) is 0 Å². The zero-order valence-electron chi connectivity index (χ0n) is 6.60. The first-order chi connectivity index (χ1) is 4.85. The van der Waals surface area contributed by atoms with E-state index >= 15 is 0 Å². The molecule has 0 aromatic heterocycles. The van der Waals surface area contributed by atoms with Gasteiger partial charge in [-0.1, -0.05) is 6.92 Å². The van der Waals surface area contributed by atoms with Gasteiger partial charge < -0.3 is 9.64 Å². The Labute approximate surface area is 62.2 Å². The Kier molecular flexibility index (Phi) is 1.46. The van der Waals surface area contributed by atoms with Gasteiger partial charge >= 0.3 is 0 Å². The number of piperidine rings is 1. The van der Waals surface area contributed by atoms with E-state index in [1.807, 2.05) is 0 Å². The predicted octanol–water partition coefficient (Wildman–Crippen LogP) is 0.871. The van der Waals surface area contributed by atoms with Crippen molar-refractivity contribution in [3.8, 4) is 0 Å². The quantitative estimate of drug-likeness (QED) is 0.504. The fourth-order valence-electron chi connectivity index (χ4n) is 1.80. The lowest BCUT2D eigenvalue weighted by atomic mass is 9.99. The van der Waals surface area contributed by atoms with Crippen LogP contribution >= 0.6 is 0 Å². The molecule has 58 valence electrons. The number of hydrogen-bond donors (Lipinski definition) is 0. The third kappa shape index (κ3) is 1.06. The van der Waals surface area contributed by atoms with Gasteiger partial charge in [0.15, 0.2) is 0 Å². The number of likely N-dealkylation sites (tertiary alicyclic amines) is 1. The Morgan fingerprint density at radius 1 is 1.60 bits per heavy atom. The summed E-state index contributed by atoms with van der Waals surface area (Å²) in [6.45, 7) is 6.89. The normalized spacial score (nSPS) is 40.5. The molecule has 2 aliphatic rings. The van der Waals surface area contributed by atoms with E-state index in [0.29, 0.717) is 5.60 Å². The highest BCUT2D eigenvalue weighted by Crippen LogP contribution is 2.35. The summed E-state index contributed by atoms with van der Waals surface area (Å²) in [5, 5.41) is 0. The highest BCUT2D eigenvalue weighted by atomic mass is 16.6. The third-order valence-electron chi connectivity index (χ3n) is 2.62.